The van der Waals surface area contributed by atoms with E-state index in [1.54, 1.807) is 16.2 Å². The van der Waals surface area contributed by atoms with Crippen LogP contribution in [0.3, 0.4) is 0 Å². The van der Waals surface area contributed by atoms with Crippen molar-refractivity contribution in [2.45, 2.75) is 38.8 Å². The van der Waals surface area contributed by atoms with Crippen LogP contribution in [0, 0.1) is 0 Å². The number of para-hydroxylation sites is 1. The number of halogens is 1. The molecular formula is C31H26ClN3O2S. The molecule has 1 aliphatic heterocycles. The lowest BCUT2D eigenvalue weighted by Gasteiger charge is -2.17. The van der Waals surface area contributed by atoms with Crippen molar-refractivity contribution in [3.8, 4) is 0 Å². The predicted octanol–water partition coefficient (Wildman–Crippen LogP) is 6.88. The first-order valence-electron chi connectivity index (χ1n) is 12.8. The number of benzene rings is 3. The lowest BCUT2D eigenvalue weighted by atomic mass is 9.95. The molecule has 0 saturated heterocycles. The molecule has 4 aromatic rings. The first-order valence-corrected chi connectivity index (χ1v) is 14.0. The Kier molecular flexibility index (Phi) is 6.83. The number of nitrogens with one attached hydrogen (secondary N) is 1. The summed E-state index contributed by atoms with van der Waals surface area (Å²) in [6, 6.07) is 25.1. The average Bonchev–Trinajstić information content (AvgIpc) is 3.44. The van der Waals surface area contributed by atoms with Crippen LogP contribution in [0.2, 0.25) is 5.02 Å². The third kappa shape index (κ3) is 4.77. The SMILES string of the molecule is O=C(NCc1ccccc1)c1c(N=C2C(=O)N(Cc3ccc(Cl)cc3)c3ccccc32)sc2c1CCCC2. The number of hydrogen-bond acceptors (Lipinski definition) is 4. The van der Waals surface area contributed by atoms with Crippen molar-refractivity contribution in [2.24, 2.45) is 4.99 Å². The van der Waals surface area contributed by atoms with E-state index in [9.17, 15) is 9.59 Å². The normalized spacial score (nSPS) is 15.4. The van der Waals surface area contributed by atoms with Gasteiger partial charge < -0.3 is 10.2 Å². The number of aryl methyl sites for hydroxylation is 1. The quantitative estimate of drug-likeness (QED) is 0.290. The van der Waals surface area contributed by atoms with Gasteiger partial charge in [0.15, 0.2) is 0 Å². The minimum absolute atomic E-state index is 0.135. The van der Waals surface area contributed by atoms with Gasteiger partial charge in [-0.1, -0.05) is 72.3 Å². The van der Waals surface area contributed by atoms with E-state index < -0.39 is 0 Å². The third-order valence-corrected chi connectivity index (χ3v) is 8.48. The Labute approximate surface area is 230 Å². The van der Waals surface area contributed by atoms with Crippen LogP contribution in [0.1, 0.15) is 50.3 Å². The van der Waals surface area contributed by atoms with Crippen LogP contribution in [0.15, 0.2) is 83.9 Å². The minimum atomic E-state index is -0.164. The van der Waals surface area contributed by atoms with E-state index in [4.69, 9.17) is 16.6 Å². The maximum absolute atomic E-state index is 13.7. The second kappa shape index (κ2) is 10.6. The summed E-state index contributed by atoms with van der Waals surface area (Å²) in [7, 11) is 0. The van der Waals surface area contributed by atoms with E-state index in [-0.39, 0.29) is 11.8 Å². The summed E-state index contributed by atoms with van der Waals surface area (Å²) in [6.45, 7) is 0.855. The first kappa shape index (κ1) is 24.6. The third-order valence-electron chi connectivity index (χ3n) is 7.04. The van der Waals surface area contributed by atoms with Gasteiger partial charge in [-0.25, -0.2) is 4.99 Å². The summed E-state index contributed by atoms with van der Waals surface area (Å²) in [5, 5.41) is 4.36. The molecule has 0 unspecified atom stereocenters. The van der Waals surface area contributed by atoms with E-state index >= 15 is 0 Å². The number of nitrogens with zero attached hydrogens (tertiary/aromatic N) is 2. The van der Waals surface area contributed by atoms with Gasteiger partial charge in [0.1, 0.15) is 10.7 Å². The van der Waals surface area contributed by atoms with E-state index in [0.29, 0.717) is 34.4 Å². The molecule has 1 aromatic heterocycles. The lowest BCUT2D eigenvalue weighted by Crippen LogP contribution is -2.29. The number of fused-ring (bicyclic) bond motifs is 2. The number of amides is 2. The van der Waals surface area contributed by atoms with E-state index in [1.807, 2.05) is 78.9 Å². The van der Waals surface area contributed by atoms with Crippen LogP contribution in [-0.4, -0.2) is 17.5 Å². The molecule has 3 aromatic carbocycles. The number of carbonyl (C=O) groups is 2. The number of thiophene rings is 1. The highest BCUT2D eigenvalue weighted by Crippen LogP contribution is 2.41. The van der Waals surface area contributed by atoms with Gasteiger partial charge in [0, 0.05) is 22.0 Å². The van der Waals surface area contributed by atoms with Crippen molar-refractivity contribution in [3.63, 3.8) is 0 Å². The Morgan fingerprint density at radius 3 is 2.47 bits per heavy atom. The monoisotopic (exact) mass is 539 g/mol. The minimum Gasteiger partial charge on any atom is -0.348 e. The van der Waals surface area contributed by atoms with Gasteiger partial charge in [0.05, 0.1) is 17.8 Å². The van der Waals surface area contributed by atoms with Crippen LogP contribution in [0.5, 0.6) is 0 Å². The van der Waals surface area contributed by atoms with Gasteiger partial charge in [0.25, 0.3) is 11.8 Å². The molecule has 0 spiro atoms. The van der Waals surface area contributed by atoms with Crippen molar-refractivity contribution >= 4 is 51.2 Å². The number of aliphatic imine (C=N–C) groups is 1. The molecule has 1 aliphatic carbocycles. The molecule has 2 amide bonds. The molecular weight excluding hydrogens is 514 g/mol. The highest BCUT2D eigenvalue weighted by molar-refractivity contribution is 7.16. The van der Waals surface area contributed by atoms with E-state index in [1.165, 1.54) is 4.88 Å². The standard InChI is InChI=1S/C31H26ClN3O2S/c32-22-16-14-21(15-17-22)19-35-25-12-6-4-10-23(25)28(31(35)37)34-30-27(24-11-5-7-13-26(24)38-30)29(36)33-18-20-8-2-1-3-9-20/h1-4,6,8-10,12,14-17H,5,7,11,13,18-19H2,(H,33,36). The van der Waals surface area contributed by atoms with Gasteiger partial charge in [0.2, 0.25) is 0 Å². The largest absolute Gasteiger partial charge is 0.348 e. The molecule has 5 nitrogen and oxygen atoms in total. The van der Waals surface area contributed by atoms with Crippen LogP contribution in [0.4, 0.5) is 10.7 Å². The first-order chi connectivity index (χ1) is 18.6. The molecule has 38 heavy (non-hydrogen) atoms. The summed E-state index contributed by atoms with van der Waals surface area (Å²) in [6.07, 6.45) is 3.95. The number of rotatable bonds is 6. The molecule has 2 aliphatic rings. The smallest absolute Gasteiger partial charge is 0.277 e. The zero-order chi connectivity index (χ0) is 26.1. The molecule has 0 atom stereocenters. The Bertz CT molecular complexity index is 1540. The molecule has 1 N–H and O–H groups in total. The summed E-state index contributed by atoms with van der Waals surface area (Å²) in [5.74, 6) is -0.299. The van der Waals surface area contributed by atoms with Crippen molar-refractivity contribution in [1.29, 1.82) is 0 Å². The molecule has 0 radical (unpaired) electrons. The Balaban J connectivity index is 1.36. The van der Waals surface area contributed by atoms with Crippen molar-refractivity contribution in [2.75, 3.05) is 4.90 Å². The number of anilines is 1. The fourth-order valence-electron chi connectivity index (χ4n) is 5.13. The van der Waals surface area contributed by atoms with Gasteiger partial charge in [-0.2, -0.15) is 0 Å². The molecule has 190 valence electrons. The van der Waals surface area contributed by atoms with E-state index in [0.717, 1.165) is 53.6 Å². The zero-order valence-electron chi connectivity index (χ0n) is 20.7. The van der Waals surface area contributed by atoms with Crippen molar-refractivity contribution in [3.05, 3.63) is 117 Å². The molecule has 2 heterocycles. The molecule has 0 saturated carbocycles. The second-order valence-electron chi connectivity index (χ2n) is 9.55. The van der Waals surface area contributed by atoms with Crippen molar-refractivity contribution in [1.82, 2.24) is 5.32 Å². The number of hydrogen-bond donors (Lipinski definition) is 1. The Morgan fingerprint density at radius 1 is 0.921 bits per heavy atom. The molecule has 6 rings (SSSR count). The molecule has 7 heteroatoms. The fraction of sp³-hybridized carbons (Fsp3) is 0.194. The maximum atomic E-state index is 13.7. The Morgan fingerprint density at radius 2 is 1.66 bits per heavy atom. The highest BCUT2D eigenvalue weighted by Gasteiger charge is 2.35. The molecule has 0 fully saturated rings. The number of carbonyl (C=O) groups excluding carboxylic acids is 2. The van der Waals surface area contributed by atoms with Crippen LogP contribution in [0.25, 0.3) is 0 Å². The van der Waals surface area contributed by atoms with Gasteiger partial charge in [-0.3, -0.25) is 9.59 Å². The lowest BCUT2D eigenvalue weighted by molar-refractivity contribution is -0.112. The van der Waals surface area contributed by atoms with Crippen molar-refractivity contribution < 1.29 is 9.59 Å². The van der Waals surface area contributed by atoms with Crippen LogP contribution < -0.4 is 10.2 Å². The topological polar surface area (TPSA) is 61.8 Å². The highest BCUT2D eigenvalue weighted by atomic mass is 35.5. The zero-order valence-corrected chi connectivity index (χ0v) is 22.3. The molecule has 0 bridgehead atoms. The Hall–Kier alpha value is -3.74. The van der Waals surface area contributed by atoms with Gasteiger partial charge in [-0.05, 0) is 60.6 Å². The van der Waals surface area contributed by atoms with Crippen LogP contribution in [-0.2, 0) is 30.7 Å². The summed E-state index contributed by atoms with van der Waals surface area (Å²) in [4.78, 5) is 35.2. The summed E-state index contributed by atoms with van der Waals surface area (Å²) < 4.78 is 0. The predicted molar refractivity (Wildman–Crippen MR) is 154 cm³/mol. The van der Waals surface area contributed by atoms with Gasteiger partial charge >= 0.3 is 0 Å². The second-order valence-corrected chi connectivity index (χ2v) is 11.1. The fourth-order valence-corrected chi connectivity index (χ4v) is 6.52. The maximum Gasteiger partial charge on any atom is 0.277 e. The van der Waals surface area contributed by atoms with Gasteiger partial charge in [-0.15, -0.1) is 11.3 Å². The average molecular weight is 540 g/mol. The summed E-state index contributed by atoms with van der Waals surface area (Å²) in [5.41, 5.74) is 5.71. The van der Waals surface area contributed by atoms with Crippen LogP contribution >= 0.6 is 22.9 Å². The van der Waals surface area contributed by atoms with E-state index in [2.05, 4.69) is 5.32 Å². The summed E-state index contributed by atoms with van der Waals surface area (Å²) >= 11 is 7.61.